The molecule has 0 radical (unpaired) electrons. The Hall–Kier alpha value is -4.81. The van der Waals surface area contributed by atoms with E-state index in [2.05, 4.69) is 10.6 Å². The van der Waals surface area contributed by atoms with Gasteiger partial charge in [-0.25, -0.2) is 14.4 Å². The highest BCUT2D eigenvalue weighted by molar-refractivity contribution is 6.00. The molecule has 4 N–H and O–H groups in total. The monoisotopic (exact) mass is 658 g/mol. The highest BCUT2D eigenvalue weighted by Gasteiger charge is 2.32. The second kappa shape index (κ2) is 15.7. The fraction of sp³-hybridized carbons (Fsp3) is 0.500. The number of hydrogen-bond donors (Lipinski definition) is 4. The molecule has 1 atom stereocenters. The fourth-order valence-electron chi connectivity index (χ4n) is 4.15. The van der Waals surface area contributed by atoms with Gasteiger partial charge >= 0.3 is 24.0 Å². The summed E-state index contributed by atoms with van der Waals surface area (Å²) in [4.78, 5) is 62.9. The van der Waals surface area contributed by atoms with Crippen LogP contribution in [0.3, 0.4) is 0 Å². The predicted molar refractivity (Wildman–Crippen MR) is 173 cm³/mol. The number of phenols is 1. The van der Waals surface area contributed by atoms with E-state index in [1.807, 2.05) is 0 Å². The van der Waals surface area contributed by atoms with E-state index in [-0.39, 0.29) is 42.1 Å². The third-order valence-electron chi connectivity index (χ3n) is 5.84. The lowest BCUT2D eigenvalue weighted by Gasteiger charge is -2.26. The summed E-state index contributed by atoms with van der Waals surface area (Å²) < 4.78 is 21.8. The number of para-hydroxylation sites is 1. The average Bonchev–Trinajstić information content (AvgIpc) is 2.88. The molecule has 13 nitrogen and oxygen atoms in total. The van der Waals surface area contributed by atoms with Crippen molar-refractivity contribution in [2.24, 2.45) is 0 Å². The van der Waals surface area contributed by atoms with Crippen molar-refractivity contribution < 1.29 is 53.1 Å². The molecule has 0 heterocycles. The van der Waals surface area contributed by atoms with E-state index in [0.29, 0.717) is 11.3 Å². The molecule has 2 aromatic carbocycles. The molecule has 0 aliphatic heterocycles. The molecule has 0 aromatic heterocycles. The lowest BCUT2D eigenvalue weighted by Crippen LogP contribution is -2.46. The number of carboxylic acids is 1. The maximum atomic E-state index is 13.4. The largest absolute Gasteiger partial charge is 0.504 e. The fourth-order valence-corrected chi connectivity index (χ4v) is 4.15. The SMILES string of the molecule is CC(C)(C)OC(=O)C[C@H](NC(=O)c1cccc(O)c1OCCCc1cc(NC(=O)OC(C)(C)C)ccc1C(=O)O)C(=O)OC(C)(C)C. The van der Waals surface area contributed by atoms with Crippen LogP contribution in [0.1, 0.15) is 101 Å². The highest BCUT2D eigenvalue weighted by Crippen LogP contribution is 2.31. The third-order valence-corrected chi connectivity index (χ3v) is 5.84. The first-order valence-corrected chi connectivity index (χ1v) is 15.1. The Morgan fingerprint density at radius 1 is 0.809 bits per heavy atom. The molecule has 47 heavy (non-hydrogen) atoms. The van der Waals surface area contributed by atoms with Crippen molar-refractivity contribution in [3.63, 3.8) is 0 Å². The molecular weight excluding hydrogens is 612 g/mol. The summed E-state index contributed by atoms with van der Waals surface area (Å²) >= 11 is 0. The van der Waals surface area contributed by atoms with Crippen molar-refractivity contribution in [3.8, 4) is 11.5 Å². The van der Waals surface area contributed by atoms with Crippen LogP contribution in [0, 0.1) is 0 Å². The Bertz CT molecular complexity index is 1460. The molecule has 0 spiro atoms. The van der Waals surface area contributed by atoms with Gasteiger partial charge in [0.2, 0.25) is 0 Å². The van der Waals surface area contributed by atoms with Crippen LogP contribution in [0.25, 0.3) is 0 Å². The van der Waals surface area contributed by atoms with Crippen molar-refractivity contribution in [3.05, 3.63) is 53.1 Å². The van der Waals surface area contributed by atoms with E-state index in [4.69, 9.17) is 18.9 Å². The number of esters is 2. The van der Waals surface area contributed by atoms with Gasteiger partial charge in [-0.15, -0.1) is 0 Å². The number of carbonyl (C=O) groups is 5. The Labute approximate surface area is 274 Å². The van der Waals surface area contributed by atoms with E-state index in [9.17, 15) is 34.2 Å². The van der Waals surface area contributed by atoms with E-state index >= 15 is 0 Å². The summed E-state index contributed by atoms with van der Waals surface area (Å²) in [6.07, 6.45) is -0.733. The summed E-state index contributed by atoms with van der Waals surface area (Å²) in [5, 5.41) is 25.3. The van der Waals surface area contributed by atoms with Gasteiger partial charge in [-0.3, -0.25) is 14.9 Å². The molecule has 0 saturated heterocycles. The number of nitrogens with one attached hydrogen (secondary N) is 2. The Morgan fingerprint density at radius 3 is 2.00 bits per heavy atom. The van der Waals surface area contributed by atoms with Crippen LogP contribution in [0.15, 0.2) is 36.4 Å². The number of anilines is 1. The maximum Gasteiger partial charge on any atom is 0.412 e. The van der Waals surface area contributed by atoms with Crippen molar-refractivity contribution >= 4 is 35.6 Å². The summed E-state index contributed by atoms with van der Waals surface area (Å²) in [6.45, 7) is 15.0. The number of hydrogen-bond acceptors (Lipinski definition) is 10. The number of rotatable bonds is 12. The molecule has 2 aromatic rings. The second-order valence-electron chi connectivity index (χ2n) is 13.8. The molecular formula is C34H46N2O11. The number of carbonyl (C=O) groups excluding carboxylic acids is 4. The molecule has 13 heteroatoms. The minimum atomic E-state index is -1.40. The van der Waals surface area contributed by atoms with Crippen LogP contribution in [-0.2, 0) is 30.2 Å². The summed E-state index contributed by atoms with van der Waals surface area (Å²) in [6, 6.07) is 7.04. The van der Waals surface area contributed by atoms with Gasteiger partial charge in [0.05, 0.1) is 24.2 Å². The van der Waals surface area contributed by atoms with Gasteiger partial charge in [-0.1, -0.05) is 6.07 Å². The van der Waals surface area contributed by atoms with Crippen molar-refractivity contribution in [1.82, 2.24) is 5.32 Å². The molecule has 0 aliphatic rings. The summed E-state index contributed by atoms with van der Waals surface area (Å²) in [7, 11) is 0. The van der Waals surface area contributed by atoms with Crippen LogP contribution in [-0.4, -0.2) is 69.6 Å². The number of aryl methyl sites for hydroxylation is 1. The molecule has 258 valence electrons. The number of carboxylic acid groups (broad SMARTS) is 1. The van der Waals surface area contributed by atoms with Crippen molar-refractivity contribution in [1.29, 1.82) is 0 Å². The van der Waals surface area contributed by atoms with Gasteiger partial charge in [0.15, 0.2) is 11.5 Å². The normalized spacial score (nSPS) is 12.4. The first kappa shape index (κ1) is 38.4. The minimum Gasteiger partial charge on any atom is -0.504 e. The van der Waals surface area contributed by atoms with Gasteiger partial charge in [-0.05, 0) is 111 Å². The topological polar surface area (TPSA) is 187 Å². The van der Waals surface area contributed by atoms with Crippen LogP contribution < -0.4 is 15.4 Å². The van der Waals surface area contributed by atoms with Crippen LogP contribution in [0.5, 0.6) is 11.5 Å². The molecule has 0 aliphatic carbocycles. The Balaban J connectivity index is 2.20. The van der Waals surface area contributed by atoms with Crippen molar-refractivity contribution in [2.75, 3.05) is 11.9 Å². The first-order chi connectivity index (χ1) is 21.5. The number of amides is 2. The zero-order valence-electron chi connectivity index (χ0n) is 28.4. The molecule has 2 rings (SSSR count). The zero-order chi connectivity index (χ0) is 35.7. The van der Waals surface area contributed by atoms with Crippen LogP contribution >= 0.6 is 0 Å². The van der Waals surface area contributed by atoms with Crippen molar-refractivity contribution in [2.45, 2.75) is 104 Å². The summed E-state index contributed by atoms with van der Waals surface area (Å²) in [5.74, 6) is -4.08. The molecule has 0 unspecified atom stereocenters. The lowest BCUT2D eigenvalue weighted by molar-refractivity contribution is -0.164. The van der Waals surface area contributed by atoms with Crippen LogP contribution in [0.4, 0.5) is 10.5 Å². The number of benzene rings is 2. The maximum absolute atomic E-state index is 13.4. The van der Waals surface area contributed by atoms with E-state index in [1.165, 1.54) is 36.4 Å². The van der Waals surface area contributed by atoms with Gasteiger partial charge in [0, 0.05) is 5.69 Å². The van der Waals surface area contributed by atoms with E-state index < -0.39 is 59.2 Å². The highest BCUT2D eigenvalue weighted by atomic mass is 16.6. The van der Waals surface area contributed by atoms with Gasteiger partial charge in [0.1, 0.15) is 22.8 Å². The Kier molecular flexibility index (Phi) is 12.8. The number of ether oxygens (including phenoxy) is 4. The average molecular weight is 659 g/mol. The molecule has 0 saturated carbocycles. The smallest absolute Gasteiger partial charge is 0.412 e. The lowest BCUT2D eigenvalue weighted by atomic mass is 10.0. The van der Waals surface area contributed by atoms with Crippen LogP contribution in [0.2, 0.25) is 0 Å². The van der Waals surface area contributed by atoms with E-state index in [0.717, 1.165) is 0 Å². The van der Waals surface area contributed by atoms with Gasteiger partial charge in [-0.2, -0.15) is 0 Å². The van der Waals surface area contributed by atoms with E-state index in [1.54, 1.807) is 62.3 Å². The van der Waals surface area contributed by atoms with Gasteiger partial charge < -0.3 is 34.5 Å². The number of phenolic OH excluding ortho intramolecular Hbond substituents is 1. The molecule has 2 amide bonds. The first-order valence-electron chi connectivity index (χ1n) is 15.1. The second-order valence-corrected chi connectivity index (χ2v) is 13.8. The summed E-state index contributed by atoms with van der Waals surface area (Å²) in [5.41, 5.74) is -1.79. The molecule has 0 bridgehead atoms. The molecule has 0 fully saturated rings. The number of aromatic hydroxyl groups is 1. The Morgan fingerprint density at radius 2 is 1.43 bits per heavy atom. The van der Waals surface area contributed by atoms with Gasteiger partial charge in [0.25, 0.3) is 5.91 Å². The minimum absolute atomic E-state index is 0.0283. The predicted octanol–water partition coefficient (Wildman–Crippen LogP) is 5.62. The third kappa shape index (κ3) is 13.6. The zero-order valence-corrected chi connectivity index (χ0v) is 28.4. The quantitative estimate of drug-likeness (QED) is 0.126. The number of aromatic carboxylic acids is 1. The standard InChI is InChI=1S/C34H46N2O11/c1-32(2,3)45-26(38)19-24(30(42)46-33(4,5)6)36-28(39)23-13-10-14-25(37)27(23)44-17-11-12-20-18-21(15-16-22(20)29(40)41)35-31(43)47-34(7,8)9/h10,13-16,18,24,37H,11-12,17,19H2,1-9H3,(H,35,43)(H,36,39)(H,40,41)/t24-/m0/s1.